The molecule has 0 unspecified atom stereocenters. The molecule has 186 valence electrons. The molecule has 9 heteroatoms. The van der Waals surface area contributed by atoms with E-state index < -0.39 is 35.7 Å². The first-order valence-corrected chi connectivity index (χ1v) is 10.6. The second-order valence-electron chi connectivity index (χ2n) is 8.62. The molecular formula is C25H35N3O6. The number of aliphatic hydroxyl groups is 1. The summed E-state index contributed by atoms with van der Waals surface area (Å²) in [7, 11) is 0. The highest BCUT2D eigenvalue weighted by atomic mass is 16.6. The van der Waals surface area contributed by atoms with Crippen molar-refractivity contribution in [3.8, 4) is 11.1 Å². The Kier molecular flexibility index (Phi) is 10.7. The fraction of sp³-hybridized carbons (Fsp3) is 0.400. The first-order valence-electron chi connectivity index (χ1n) is 10.6. The summed E-state index contributed by atoms with van der Waals surface area (Å²) in [6.07, 6.45) is -0.969. The zero-order chi connectivity index (χ0) is 24.6. The van der Waals surface area contributed by atoms with Crippen LogP contribution in [0.15, 0.2) is 48.5 Å². The van der Waals surface area contributed by atoms with Gasteiger partial charge in [-0.25, -0.2) is 10.3 Å². The molecule has 0 radical (unpaired) electrons. The van der Waals surface area contributed by atoms with E-state index in [-0.39, 0.29) is 7.43 Å². The smallest absolute Gasteiger partial charge is 0.407 e. The van der Waals surface area contributed by atoms with Crippen molar-refractivity contribution in [3.05, 3.63) is 59.7 Å². The van der Waals surface area contributed by atoms with Crippen LogP contribution in [0.1, 0.15) is 51.0 Å². The van der Waals surface area contributed by atoms with E-state index in [9.17, 15) is 19.5 Å². The number of hydrogen-bond donors (Lipinski definition) is 5. The van der Waals surface area contributed by atoms with Gasteiger partial charge in [0.1, 0.15) is 11.6 Å². The third-order valence-electron chi connectivity index (χ3n) is 4.68. The summed E-state index contributed by atoms with van der Waals surface area (Å²) in [6, 6.07) is 13.3. The van der Waals surface area contributed by atoms with E-state index in [1.807, 2.05) is 45.0 Å². The van der Waals surface area contributed by atoms with Crippen LogP contribution >= 0.6 is 0 Å². The molecule has 0 aliphatic rings. The summed E-state index contributed by atoms with van der Waals surface area (Å²) < 4.78 is 5.21. The van der Waals surface area contributed by atoms with Crippen molar-refractivity contribution in [3.63, 3.8) is 0 Å². The second-order valence-corrected chi connectivity index (χ2v) is 8.62. The van der Waals surface area contributed by atoms with Gasteiger partial charge >= 0.3 is 6.09 Å². The Hall–Kier alpha value is -3.43. The summed E-state index contributed by atoms with van der Waals surface area (Å²) in [5.74, 6) is -1.46. The average Bonchev–Trinajstić information content (AvgIpc) is 2.76. The third-order valence-corrected chi connectivity index (χ3v) is 4.68. The molecule has 0 aromatic heterocycles. The number of alkyl carbamates (subject to hydrolysis) is 1. The van der Waals surface area contributed by atoms with Crippen molar-refractivity contribution in [2.45, 2.75) is 59.3 Å². The van der Waals surface area contributed by atoms with Crippen LogP contribution < -0.4 is 16.1 Å². The fourth-order valence-corrected chi connectivity index (χ4v) is 3.00. The van der Waals surface area contributed by atoms with Crippen LogP contribution in [-0.2, 0) is 16.0 Å². The van der Waals surface area contributed by atoms with Gasteiger partial charge in [0, 0.05) is 12.1 Å². The van der Waals surface area contributed by atoms with Crippen molar-refractivity contribution in [1.82, 2.24) is 16.1 Å². The molecule has 2 atom stereocenters. The minimum atomic E-state index is -1.28. The van der Waals surface area contributed by atoms with E-state index in [0.29, 0.717) is 18.5 Å². The van der Waals surface area contributed by atoms with Crippen LogP contribution in [-0.4, -0.2) is 52.5 Å². The van der Waals surface area contributed by atoms with Crippen LogP contribution in [0.4, 0.5) is 4.79 Å². The number of carbonyl (C=O) groups excluding carboxylic acids is 3. The van der Waals surface area contributed by atoms with E-state index in [0.717, 1.165) is 16.7 Å². The number of carbonyl (C=O) groups is 3. The molecule has 0 saturated carbocycles. The summed E-state index contributed by atoms with van der Waals surface area (Å²) in [5.41, 5.74) is 4.10. The van der Waals surface area contributed by atoms with Crippen LogP contribution in [0.2, 0.25) is 0 Å². The number of ether oxygens (including phenoxy) is 1. The molecule has 9 nitrogen and oxygen atoms in total. The lowest BCUT2D eigenvalue weighted by molar-refractivity contribution is -0.133. The van der Waals surface area contributed by atoms with Gasteiger partial charge in [-0.05, 0) is 62.9 Å². The van der Waals surface area contributed by atoms with Gasteiger partial charge in [0.15, 0.2) is 0 Å². The maximum Gasteiger partial charge on any atom is 0.407 e. The standard InChI is InChI=1S/C24H31N3O6.CH4/c1-15(28)20(22(30)27-32)26-21(29)19-11-9-18(10-12-19)17-7-5-16(6-8-17)13-14-25-23(31)33-24(2,3)4;/h5-12,15,20,28,32H,13-14H2,1-4H3,(H,25,31)(H,26,29)(H,27,30);1H4/t15-,20+;/m1./s1. The van der Waals surface area contributed by atoms with Crippen LogP contribution in [0.5, 0.6) is 0 Å². The van der Waals surface area contributed by atoms with Crippen molar-refractivity contribution < 1.29 is 29.4 Å². The van der Waals surface area contributed by atoms with Gasteiger partial charge in [-0.15, -0.1) is 0 Å². The van der Waals surface area contributed by atoms with Crippen molar-refractivity contribution in [2.24, 2.45) is 0 Å². The lowest BCUT2D eigenvalue weighted by atomic mass is 10.0. The minimum absolute atomic E-state index is 0. The molecule has 3 amide bonds. The van der Waals surface area contributed by atoms with Gasteiger partial charge in [-0.2, -0.15) is 0 Å². The molecule has 5 N–H and O–H groups in total. The molecule has 0 heterocycles. The number of amides is 3. The number of aliphatic hydroxyl groups excluding tert-OH is 1. The van der Waals surface area contributed by atoms with E-state index in [1.54, 1.807) is 24.3 Å². The van der Waals surface area contributed by atoms with Crippen LogP contribution in [0.3, 0.4) is 0 Å². The highest BCUT2D eigenvalue weighted by molar-refractivity contribution is 5.97. The first-order chi connectivity index (χ1) is 15.5. The van der Waals surface area contributed by atoms with Gasteiger partial charge in [0.05, 0.1) is 6.10 Å². The number of hydrogen-bond acceptors (Lipinski definition) is 6. The molecule has 34 heavy (non-hydrogen) atoms. The molecule has 0 aliphatic heterocycles. The zero-order valence-electron chi connectivity index (χ0n) is 19.2. The quantitative estimate of drug-likeness (QED) is 0.295. The van der Waals surface area contributed by atoms with E-state index in [1.165, 1.54) is 12.4 Å². The molecule has 2 aromatic carbocycles. The van der Waals surface area contributed by atoms with Crippen molar-refractivity contribution in [1.29, 1.82) is 0 Å². The Bertz CT molecular complexity index is 950. The lowest BCUT2D eigenvalue weighted by Gasteiger charge is -2.19. The van der Waals surface area contributed by atoms with Crippen LogP contribution in [0, 0.1) is 0 Å². The van der Waals surface area contributed by atoms with Gasteiger partial charge in [0.2, 0.25) is 0 Å². The Morgan fingerprint density at radius 2 is 1.50 bits per heavy atom. The number of nitrogens with one attached hydrogen (secondary N) is 3. The van der Waals surface area contributed by atoms with E-state index in [2.05, 4.69) is 10.6 Å². The third kappa shape index (κ3) is 8.84. The van der Waals surface area contributed by atoms with Gasteiger partial charge in [0.25, 0.3) is 11.8 Å². The number of rotatable bonds is 8. The van der Waals surface area contributed by atoms with E-state index in [4.69, 9.17) is 9.94 Å². The summed E-state index contributed by atoms with van der Waals surface area (Å²) in [5, 5.41) is 23.5. The largest absolute Gasteiger partial charge is 0.444 e. The maximum atomic E-state index is 12.4. The Balaban J connectivity index is 0.00000578. The SMILES string of the molecule is C.C[C@@H](O)[C@H](NC(=O)c1ccc(-c2ccc(CCNC(=O)OC(C)(C)C)cc2)cc1)C(=O)NO. The summed E-state index contributed by atoms with van der Waals surface area (Å²) in [4.78, 5) is 35.7. The fourth-order valence-electron chi connectivity index (χ4n) is 3.00. The molecule has 0 bridgehead atoms. The molecule has 0 spiro atoms. The molecule has 0 fully saturated rings. The predicted molar refractivity (Wildman–Crippen MR) is 129 cm³/mol. The summed E-state index contributed by atoms with van der Waals surface area (Å²) in [6.45, 7) is 7.23. The topological polar surface area (TPSA) is 137 Å². The number of benzene rings is 2. The molecule has 0 aliphatic carbocycles. The summed E-state index contributed by atoms with van der Waals surface area (Å²) >= 11 is 0. The first kappa shape index (κ1) is 28.6. The molecule has 2 aromatic rings. The second kappa shape index (κ2) is 12.7. The normalized spacial score (nSPS) is 12.5. The van der Waals surface area contributed by atoms with Crippen LogP contribution in [0.25, 0.3) is 11.1 Å². The Morgan fingerprint density at radius 3 is 1.97 bits per heavy atom. The highest BCUT2D eigenvalue weighted by Crippen LogP contribution is 2.21. The van der Waals surface area contributed by atoms with Crippen molar-refractivity contribution >= 4 is 17.9 Å². The maximum absolute atomic E-state index is 12.4. The van der Waals surface area contributed by atoms with Gasteiger partial charge in [-0.1, -0.05) is 43.8 Å². The predicted octanol–water partition coefficient (Wildman–Crippen LogP) is 3.04. The molecular weight excluding hydrogens is 438 g/mol. The van der Waals surface area contributed by atoms with Gasteiger partial charge < -0.3 is 20.5 Å². The molecule has 0 saturated heterocycles. The zero-order valence-corrected chi connectivity index (χ0v) is 19.2. The van der Waals surface area contributed by atoms with Crippen molar-refractivity contribution in [2.75, 3.05) is 6.54 Å². The highest BCUT2D eigenvalue weighted by Gasteiger charge is 2.25. The molecule has 2 rings (SSSR count). The monoisotopic (exact) mass is 473 g/mol. The van der Waals surface area contributed by atoms with E-state index >= 15 is 0 Å². The Labute approximate surface area is 200 Å². The van der Waals surface area contributed by atoms with Gasteiger partial charge in [-0.3, -0.25) is 14.8 Å². The Morgan fingerprint density at radius 1 is 0.971 bits per heavy atom. The number of hydroxylamine groups is 1. The minimum Gasteiger partial charge on any atom is -0.444 e. The average molecular weight is 474 g/mol. The lowest BCUT2D eigenvalue weighted by Crippen LogP contribution is -2.51.